The highest BCUT2D eigenvalue weighted by molar-refractivity contribution is 6.02. The number of carboxylic acid groups (broad SMARTS) is 1. The summed E-state index contributed by atoms with van der Waals surface area (Å²) in [4.78, 5) is 34.7. The van der Waals surface area contributed by atoms with Gasteiger partial charge in [0.1, 0.15) is 34.3 Å². The molecule has 0 spiro atoms. The Morgan fingerprint density at radius 3 is 2.59 bits per heavy atom. The van der Waals surface area contributed by atoms with Gasteiger partial charge >= 0.3 is 12.3 Å². The van der Waals surface area contributed by atoms with Crippen molar-refractivity contribution in [3.8, 4) is 5.75 Å². The van der Waals surface area contributed by atoms with Crippen molar-refractivity contribution in [3.63, 3.8) is 0 Å². The van der Waals surface area contributed by atoms with E-state index in [0.29, 0.717) is 0 Å². The molecule has 0 fully saturated rings. The van der Waals surface area contributed by atoms with Gasteiger partial charge < -0.3 is 19.9 Å². The van der Waals surface area contributed by atoms with Crippen LogP contribution in [0.25, 0.3) is 0 Å². The van der Waals surface area contributed by atoms with Crippen LogP contribution in [0, 0.1) is 5.82 Å². The van der Waals surface area contributed by atoms with E-state index in [2.05, 4.69) is 29.8 Å². The molecule has 1 aliphatic rings. The van der Waals surface area contributed by atoms with Gasteiger partial charge in [0.2, 0.25) is 6.86 Å². The number of pyridine rings is 2. The van der Waals surface area contributed by atoms with Crippen LogP contribution >= 0.6 is 0 Å². The van der Waals surface area contributed by atoms with E-state index in [9.17, 15) is 31.5 Å². The van der Waals surface area contributed by atoms with Crippen LogP contribution in [-0.2, 0) is 10.3 Å². The summed E-state index contributed by atoms with van der Waals surface area (Å²) in [5.74, 6) is -2.03. The number of amidine groups is 1. The Morgan fingerprint density at radius 2 is 2.00 bits per heavy atom. The second-order valence-electron chi connectivity index (χ2n) is 7.09. The van der Waals surface area contributed by atoms with Crippen molar-refractivity contribution in [1.29, 1.82) is 0 Å². The van der Waals surface area contributed by atoms with Crippen molar-refractivity contribution in [2.24, 2.45) is 4.99 Å². The Morgan fingerprint density at radius 1 is 1.26 bits per heavy atom. The van der Waals surface area contributed by atoms with E-state index in [1.807, 2.05) is 0 Å². The molecule has 2 aromatic rings. The highest BCUT2D eigenvalue weighted by Crippen LogP contribution is 2.40. The van der Waals surface area contributed by atoms with Gasteiger partial charge in [-0.3, -0.25) is 4.79 Å². The molecule has 0 radical (unpaired) electrons. The standard InChI is InChI=1S/C19H16F5N5O5/c1-18(6-12(19(22,23)24)34-16(29-18)28-17(31)32)14-10(21)3-5-13(26-14)27-15(30)11-4-2-9(7-25-11)33-8-20/h2-5,7,12H,6,8H2,1H3,(H,28,29)(H,31,32)(H,26,27,30)/t12-,18-/m0/s1. The van der Waals surface area contributed by atoms with E-state index in [0.717, 1.165) is 25.3 Å². The maximum atomic E-state index is 14.6. The highest BCUT2D eigenvalue weighted by Gasteiger charge is 2.51. The lowest BCUT2D eigenvalue weighted by Crippen LogP contribution is -2.48. The third kappa shape index (κ3) is 5.65. The average Bonchev–Trinajstić information content (AvgIpc) is 2.74. The van der Waals surface area contributed by atoms with E-state index in [4.69, 9.17) is 5.11 Å². The summed E-state index contributed by atoms with van der Waals surface area (Å²) in [6.07, 6.45) is -9.00. The van der Waals surface area contributed by atoms with Crippen LogP contribution in [0.1, 0.15) is 29.5 Å². The summed E-state index contributed by atoms with van der Waals surface area (Å²) < 4.78 is 76.0. The van der Waals surface area contributed by atoms with Crippen LogP contribution in [-0.4, -0.2) is 52.2 Å². The number of halogens is 5. The van der Waals surface area contributed by atoms with Crippen LogP contribution < -0.4 is 15.4 Å². The maximum Gasteiger partial charge on any atom is 0.425 e. The molecule has 0 bridgehead atoms. The molecule has 2 amide bonds. The number of alkyl halides is 4. The lowest BCUT2D eigenvalue weighted by Gasteiger charge is -2.35. The zero-order valence-electron chi connectivity index (χ0n) is 17.2. The van der Waals surface area contributed by atoms with Crippen molar-refractivity contribution >= 4 is 23.8 Å². The molecular weight excluding hydrogens is 473 g/mol. The van der Waals surface area contributed by atoms with Gasteiger partial charge in [-0.1, -0.05) is 0 Å². The van der Waals surface area contributed by atoms with E-state index in [1.165, 1.54) is 12.1 Å². The summed E-state index contributed by atoms with van der Waals surface area (Å²) >= 11 is 0. The van der Waals surface area contributed by atoms with Gasteiger partial charge in [-0.2, -0.15) is 13.2 Å². The number of nitrogens with one attached hydrogen (secondary N) is 2. The minimum Gasteiger partial charge on any atom is -0.465 e. The quantitative estimate of drug-likeness (QED) is 0.548. The minimum absolute atomic E-state index is 0.0662. The normalized spacial score (nSPS) is 20.1. The fourth-order valence-corrected chi connectivity index (χ4v) is 3.05. The number of ether oxygens (including phenoxy) is 2. The predicted octanol–water partition coefficient (Wildman–Crippen LogP) is 3.36. The number of anilines is 1. The molecule has 3 heterocycles. The molecule has 0 aliphatic carbocycles. The molecule has 15 heteroatoms. The number of aromatic nitrogens is 2. The molecule has 182 valence electrons. The van der Waals surface area contributed by atoms with Gasteiger partial charge in [0.25, 0.3) is 11.9 Å². The number of carbonyl (C=O) groups is 2. The number of carbonyl (C=O) groups excluding carboxylic acids is 1. The van der Waals surface area contributed by atoms with Crippen molar-refractivity contribution in [1.82, 2.24) is 15.3 Å². The van der Waals surface area contributed by atoms with Crippen molar-refractivity contribution in [2.75, 3.05) is 12.2 Å². The summed E-state index contributed by atoms with van der Waals surface area (Å²) in [6, 6.07) is 3.41. The molecule has 0 aromatic carbocycles. The molecule has 0 saturated heterocycles. The van der Waals surface area contributed by atoms with E-state index in [1.54, 1.807) is 5.32 Å². The Kier molecular flexibility index (Phi) is 6.83. The smallest absolute Gasteiger partial charge is 0.425 e. The summed E-state index contributed by atoms with van der Waals surface area (Å²) in [5, 5.41) is 12.7. The number of amides is 2. The Hall–Kier alpha value is -4.04. The topological polar surface area (TPSA) is 135 Å². The first-order valence-electron chi connectivity index (χ1n) is 9.37. The van der Waals surface area contributed by atoms with Gasteiger partial charge in [-0.15, -0.1) is 0 Å². The maximum absolute atomic E-state index is 14.6. The summed E-state index contributed by atoms with van der Waals surface area (Å²) in [6.45, 7) is 0.0145. The Balaban J connectivity index is 1.91. The van der Waals surface area contributed by atoms with Crippen LogP contribution in [0.15, 0.2) is 35.5 Å². The van der Waals surface area contributed by atoms with Crippen molar-refractivity contribution in [3.05, 3.63) is 47.7 Å². The predicted molar refractivity (Wildman–Crippen MR) is 104 cm³/mol. The first-order valence-corrected chi connectivity index (χ1v) is 9.37. The molecule has 1 aliphatic heterocycles. The number of hydrogen-bond acceptors (Lipinski definition) is 7. The number of rotatable bonds is 5. The molecule has 3 rings (SSSR count). The molecule has 0 saturated carbocycles. The van der Waals surface area contributed by atoms with Gasteiger partial charge in [0, 0.05) is 6.42 Å². The summed E-state index contributed by atoms with van der Waals surface area (Å²) in [7, 11) is 0. The average molecular weight is 489 g/mol. The number of hydrogen-bond donors (Lipinski definition) is 3. The van der Waals surface area contributed by atoms with E-state index < -0.39 is 60.6 Å². The fourth-order valence-electron chi connectivity index (χ4n) is 3.05. The number of aliphatic imine (C=N–C) groups is 1. The first-order chi connectivity index (χ1) is 15.9. The van der Waals surface area contributed by atoms with E-state index in [-0.39, 0.29) is 17.3 Å². The highest BCUT2D eigenvalue weighted by atomic mass is 19.4. The molecule has 3 N–H and O–H groups in total. The second-order valence-corrected chi connectivity index (χ2v) is 7.09. The van der Waals surface area contributed by atoms with Crippen LogP contribution in [0.4, 0.5) is 32.6 Å². The minimum atomic E-state index is -4.92. The molecular formula is C19H16F5N5O5. The largest absolute Gasteiger partial charge is 0.465 e. The Bertz CT molecular complexity index is 1110. The third-order valence-electron chi connectivity index (χ3n) is 4.55. The van der Waals surface area contributed by atoms with Gasteiger partial charge in [-0.25, -0.2) is 33.9 Å². The monoisotopic (exact) mass is 489 g/mol. The molecule has 34 heavy (non-hydrogen) atoms. The second kappa shape index (κ2) is 9.44. The molecule has 10 nitrogen and oxygen atoms in total. The number of nitrogens with zero attached hydrogens (tertiary/aromatic N) is 3. The zero-order chi connectivity index (χ0) is 25.1. The zero-order valence-corrected chi connectivity index (χ0v) is 17.2. The first kappa shape index (κ1) is 24.6. The molecule has 2 aromatic heterocycles. The molecule has 2 atom stereocenters. The van der Waals surface area contributed by atoms with Gasteiger partial charge in [-0.05, 0) is 31.2 Å². The van der Waals surface area contributed by atoms with Crippen LogP contribution in [0.3, 0.4) is 0 Å². The van der Waals surface area contributed by atoms with Crippen molar-refractivity contribution < 1.29 is 46.1 Å². The molecule has 0 unspecified atom stereocenters. The SMILES string of the molecule is C[C@@]1(c2nc(NC(=O)c3ccc(OCF)cn3)ccc2F)C[C@@H](C(F)(F)F)OC(NC(=O)O)=N1. The third-order valence-corrected chi connectivity index (χ3v) is 4.55. The lowest BCUT2D eigenvalue weighted by atomic mass is 9.89. The lowest BCUT2D eigenvalue weighted by molar-refractivity contribution is -0.208. The van der Waals surface area contributed by atoms with Crippen molar-refractivity contribution in [2.45, 2.75) is 31.2 Å². The van der Waals surface area contributed by atoms with Gasteiger partial charge in [0.15, 0.2) is 6.10 Å². The fraction of sp³-hybridized carbons (Fsp3) is 0.316. The van der Waals surface area contributed by atoms with Crippen LogP contribution in [0.2, 0.25) is 0 Å². The van der Waals surface area contributed by atoms with Gasteiger partial charge in [0.05, 0.1) is 6.20 Å². The Labute approximate surface area is 187 Å². The van der Waals surface area contributed by atoms with Crippen LogP contribution in [0.5, 0.6) is 5.75 Å². The van der Waals surface area contributed by atoms with E-state index >= 15 is 0 Å². The summed E-state index contributed by atoms with van der Waals surface area (Å²) in [5.41, 5.74) is -2.74.